The lowest BCUT2D eigenvalue weighted by molar-refractivity contribution is 0.690. The molecule has 0 aliphatic heterocycles. The van der Waals surface area contributed by atoms with E-state index in [2.05, 4.69) is 77.8 Å². The van der Waals surface area contributed by atoms with E-state index < -0.39 is 0 Å². The minimum absolute atomic E-state index is 0. The molecule has 0 atom stereocenters. The van der Waals surface area contributed by atoms with Crippen LogP contribution in [0.3, 0.4) is 0 Å². The van der Waals surface area contributed by atoms with Crippen molar-refractivity contribution in [2.24, 2.45) is 0 Å². The van der Waals surface area contributed by atoms with Crippen LogP contribution in [0.25, 0.3) is 43.2 Å². The van der Waals surface area contributed by atoms with Gasteiger partial charge in [0.1, 0.15) is 0 Å². The maximum Gasteiger partial charge on any atom is 0.0708 e. The predicted molar refractivity (Wildman–Crippen MR) is 154 cm³/mol. The summed E-state index contributed by atoms with van der Waals surface area (Å²) in [5, 5.41) is 9.15. The second-order valence-electron chi connectivity index (χ2n) is 9.08. The number of benzene rings is 5. The summed E-state index contributed by atoms with van der Waals surface area (Å²) < 4.78 is 0. The van der Waals surface area contributed by atoms with E-state index in [9.17, 15) is 0 Å². The van der Waals surface area contributed by atoms with Crippen LogP contribution in [0.1, 0.15) is 29.5 Å². The fourth-order valence-electron chi connectivity index (χ4n) is 5.42. The molecule has 0 saturated carbocycles. The highest BCUT2D eigenvalue weighted by atomic mass is 35.5. The number of halogens is 2. The fraction of sp³-hybridized carbons (Fsp3) is 0.156. The molecule has 0 N–H and O–H groups in total. The minimum atomic E-state index is 0. The number of para-hydroxylation sites is 1. The Morgan fingerprint density at radius 1 is 0.629 bits per heavy atom. The predicted octanol–water partition coefficient (Wildman–Crippen LogP) is 9.42. The van der Waals surface area contributed by atoms with Gasteiger partial charge in [0.25, 0.3) is 0 Å². The van der Waals surface area contributed by atoms with E-state index in [1.54, 1.807) is 11.1 Å². The van der Waals surface area contributed by atoms with Gasteiger partial charge in [0.15, 0.2) is 0 Å². The molecule has 0 saturated heterocycles. The lowest BCUT2D eigenvalue weighted by atomic mass is 9.85. The maximum absolute atomic E-state index is 6.19. The van der Waals surface area contributed by atoms with Crippen molar-refractivity contribution in [1.29, 1.82) is 0 Å². The molecule has 1 nitrogen and oxygen atoms in total. The topological polar surface area (TPSA) is 12.9 Å². The van der Waals surface area contributed by atoms with E-state index in [1.165, 1.54) is 69.0 Å². The van der Waals surface area contributed by atoms with Crippen molar-refractivity contribution in [2.75, 3.05) is 0 Å². The largest absolute Gasteiger partial charge is 0.256 e. The van der Waals surface area contributed by atoms with Crippen LogP contribution in [-0.4, -0.2) is 4.98 Å². The van der Waals surface area contributed by atoms with Crippen LogP contribution in [0.15, 0.2) is 97.2 Å². The van der Waals surface area contributed by atoms with Crippen molar-refractivity contribution in [3.63, 3.8) is 0 Å². The molecule has 1 aliphatic rings. The number of nitrogens with zero attached hydrogens (tertiary/aromatic N) is 1. The summed E-state index contributed by atoms with van der Waals surface area (Å²) in [7, 11) is 0. The van der Waals surface area contributed by atoms with E-state index in [0.717, 1.165) is 5.52 Å². The molecule has 0 amide bonds. The molecule has 5 aromatic carbocycles. The lowest BCUT2D eigenvalue weighted by Crippen LogP contribution is -2.03. The first-order valence-electron chi connectivity index (χ1n) is 12.1. The molecule has 0 unspecified atom stereocenters. The number of pyridine rings is 1. The summed E-state index contributed by atoms with van der Waals surface area (Å²) in [6.45, 7) is 0. The molecule has 0 bridgehead atoms. The third-order valence-corrected chi connectivity index (χ3v) is 7.39. The minimum Gasteiger partial charge on any atom is -0.256 e. The van der Waals surface area contributed by atoms with Crippen LogP contribution >= 0.6 is 24.0 Å². The summed E-state index contributed by atoms with van der Waals surface area (Å²) in [6.07, 6.45) is 7.02. The standard InChI is InChI=1S/C19H17Cl.C13H9N.ClH/c20-12-14-11-19-15-6-2-1-5-13(15)9-10-18(19)17-8-4-3-7-16(14)17;1-2-6-11-10(5-1)9-14-13-8-4-3-7-12(11)13;/h3-4,7-11H,1-2,5-6,12H2;1-9H;1H. The zero-order chi connectivity index (χ0) is 22.9. The Morgan fingerprint density at radius 3 is 2.11 bits per heavy atom. The zero-order valence-corrected chi connectivity index (χ0v) is 21.1. The quantitative estimate of drug-likeness (QED) is 0.163. The van der Waals surface area contributed by atoms with E-state index >= 15 is 0 Å². The fourth-order valence-corrected chi connectivity index (χ4v) is 5.65. The van der Waals surface area contributed by atoms with Gasteiger partial charge in [-0.25, -0.2) is 0 Å². The molecule has 3 heteroatoms. The molecule has 0 fully saturated rings. The van der Waals surface area contributed by atoms with Crippen molar-refractivity contribution in [1.82, 2.24) is 4.98 Å². The van der Waals surface area contributed by atoms with Gasteiger partial charge in [0.05, 0.1) is 5.52 Å². The number of fused-ring (bicyclic) bond motifs is 8. The van der Waals surface area contributed by atoms with Gasteiger partial charge in [-0.15, -0.1) is 24.0 Å². The third kappa shape index (κ3) is 4.35. The number of rotatable bonds is 1. The summed E-state index contributed by atoms with van der Waals surface area (Å²) in [5.74, 6) is 0.583. The van der Waals surface area contributed by atoms with Gasteiger partial charge in [-0.3, -0.25) is 4.98 Å². The Balaban J connectivity index is 0.000000149. The van der Waals surface area contributed by atoms with Gasteiger partial charge in [-0.2, -0.15) is 0 Å². The smallest absolute Gasteiger partial charge is 0.0708 e. The molecular formula is C32H27Cl2N. The molecule has 174 valence electrons. The number of alkyl halides is 1. The average molecular weight is 496 g/mol. The number of hydrogen-bond acceptors (Lipinski definition) is 1. The molecule has 1 aromatic heterocycles. The first-order valence-corrected chi connectivity index (χ1v) is 12.6. The lowest BCUT2D eigenvalue weighted by Gasteiger charge is -2.19. The van der Waals surface area contributed by atoms with Crippen LogP contribution in [0, 0.1) is 0 Å². The highest BCUT2D eigenvalue weighted by Gasteiger charge is 2.15. The van der Waals surface area contributed by atoms with Crippen molar-refractivity contribution in [2.45, 2.75) is 31.6 Å². The van der Waals surface area contributed by atoms with Crippen LogP contribution in [0.4, 0.5) is 0 Å². The first-order chi connectivity index (χ1) is 16.8. The number of aromatic nitrogens is 1. The van der Waals surface area contributed by atoms with Crippen molar-refractivity contribution in [3.8, 4) is 0 Å². The van der Waals surface area contributed by atoms with Crippen molar-refractivity contribution in [3.05, 3.63) is 114 Å². The van der Waals surface area contributed by atoms with E-state index in [4.69, 9.17) is 11.6 Å². The normalized spacial score (nSPS) is 12.7. The summed E-state index contributed by atoms with van der Waals surface area (Å²) in [4.78, 5) is 4.41. The molecular weight excluding hydrogens is 469 g/mol. The Hall–Kier alpha value is -3.13. The van der Waals surface area contributed by atoms with Crippen molar-refractivity contribution >= 4 is 67.2 Å². The Kier molecular flexibility index (Phi) is 6.90. The molecule has 6 aromatic rings. The van der Waals surface area contributed by atoms with E-state index in [-0.39, 0.29) is 12.4 Å². The molecule has 0 spiro atoms. The van der Waals surface area contributed by atoms with Gasteiger partial charge < -0.3 is 0 Å². The average Bonchev–Trinajstić information content (AvgIpc) is 2.92. The Bertz CT molecular complexity index is 1600. The van der Waals surface area contributed by atoms with E-state index in [0.29, 0.717) is 5.88 Å². The molecule has 35 heavy (non-hydrogen) atoms. The first kappa shape index (κ1) is 23.6. The molecule has 1 aliphatic carbocycles. The number of aryl methyl sites for hydroxylation is 2. The summed E-state index contributed by atoms with van der Waals surface area (Å²) in [6, 6.07) is 32.2. The number of hydrogen-bond donors (Lipinski definition) is 0. The van der Waals surface area contributed by atoms with Gasteiger partial charge in [-0.05, 0) is 81.4 Å². The zero-order valence-electron chi connectivity index (χ0n) is 19.5. The Morgan fingerprint density at radius 2 is 1.29 bits per heavy atom. The van der Waals surface area contributed by atoms with Gasteiger partial charge in [0.2, 0.25) is 0 Å². The monoisotopic (exact) mass is 495 g/mol. The van der Waals surface area contributed by atoms with Gasteiger partial charge in [-0.1, -0.05) is 78.9 Å². The third-order valence-electron chi connectivity index (χ3n) is 7.10. The maximum atomic E-state index is 6.19. The molecule has 7 rings (SSSR count). The second kappa shape index (κ2) is 10.2. The summed E-state index contributed by atoms with van der Waals surface area (Å²) >= 11 is 6.19. The Labute approximate surface area is 217 Å². The van der Waals surface area contributed by atoms with Crippen LogP contribution in [0.2, 0.25) is 0 Å². The highest BCUT2D eigenvalue weighted by molar-refractivity contribution is 6.19. The van der Waals surface area contributed by atoms with Crippen LogP contribution in [0.5, 0.6) is 0 Å². The SMILES string of the molecule is Cl.ClCc1cc2c3c(ccc2c2ccccc12)CCCC3.c1ccc2c(c1)cnc1ccccc12. The van der Waals surface area contributed by atoms with Crippen molar-refractivity contribution < 1.29 is 0 Å². The van der Waals surface area contributed by atoms with E-state index in [1.807, 2.05) is 24.4 Å². The summed E-state index contributed by atoms with van der Waals surface area (Å²) in [5.41, 5.74) is 5.42. The molecule has 0 radical (unpaired) electrons. The highest BCUT2D eigenvalue weighted by Crippen LogP contribution is 2.35. The van der Waals surface area contributed by atoms with Crippen LogP contribution in [-0.2, 0) is 18.7 Å². The second-order valence-corrected chi connectivity index (χ2v) is 9.35. The molecule has 1 heterocycles. The van der Waals surface area contributed by atoms with Gasteiger partial charge >= 0.3 is 0 Å². The van der Waals surface area contributed by atoms with Gasteiger partial charge in [0, 0.05) is 22.8 Å². The van der Waals surface area contributed by atoms with Crippen LogP contribution < -0.4 is 0 Å².